The SMILES string of the molecule is CCN(Cc1ccco1)C(=O)C1CCC(CN)O1. The molecule has 0 aliphatic carbocycles. The van der Waals surface area contributed by atoms with Crippen molar-refractivity contribution < 1.29 is 13.9 Å². The molecule has 0 aromatic carbocycles. The highest BCUT2D eigenvalue weighted by atomic mass is 16.5. The number of nitrogens with zero attached hydrogens (tertiary/aromatic N) is 1. The smallest absolute Gasteiger partial charge is 0.252 e. The molecular weight excluding hydrogens is 232 g/mol. The predicted molar refractivity (Wildman–Crippen MR) is 66.7 cm³/mol. The van der Waals surface area contributed by atoms with Gasteiger partial charge in [-0.3, -0.25) is 4.79 Å². The van der Waals surface area contributed by atoms with Gasteiger partial charge in [-0.15, -0.1) is 0 Å². The van der Waals surface area contributed by atoms with Gasteiger partial charge in [0.05, 0.1) is 18.9 Å². The molecule has 5 nitrogen and oxygen atoms in total. The minimum atomic E-state index is -0.339. The van der Waals surface area contributed by atoms with E-state index in [1.807, 2.05) is 19.1 Å². The number of hydrogen-bond donors (Lipinski definition) is 1. The van der Waals surface area contributed by atoms with Crippen LogP contribution in [0.4, 0.5) is 0 Å². The molecule has 18 heavy (non-hydrogen) atoms. The number of carbonyl (C=O) groups excluding carboxylic acids is 1. The van der Waals surface area contributed by atoms with Gasteiger partial charge in [0.2, 0.25) is 0 Å². The van der Waals surface area contributed by atoms with Gasteiger partial charge in [0.15, 0.2) is 0 Å². The second kappa shape index (κ2) is 6.02. The maximum absolute atomic E-state index is 12.3. The van der Waals surface area contributed by atoms with Crippen molar-refractivity contribution in [1.29, 1.82) is 0 Å². The molecule has 2 unspecified atom stereocenters. The fraction of sp³-hybridized carbons (Fsp3) is 0.615. The van der Waals surface area contributed by atoms with Crippen LogP contribution >= 0.6 is 0 Å². The average molecular weight is 252 g/mol. The summed E-state index contributed by atoms with van der Waals surface area (Å²) in [6.45, 7) is 3.58. The Hall–Kier alpha value is -1.33. The summed E-state index contributed by atoms with van der Waals surface area (Å²) in [6, 6.07) is 3.69. The normalized spacial score (nSPS) is 23.2. The molecule has 2 heterocycles. The van der Waals surface area contributed by atoms with E-state index in [1.54, 1.807) is 11.2 Å². The van der Waals surface area contributed by atoms with Crippen LogP contribution in [-0.2, 0) is 16.1 Å². The molecule has 5 heteroatoms. The number of nitrogens with two attached hydrogens (primary N) is 1. The Kier molecular flexibility index (Phi) is 4.38. The average Bonchev–Trinajstić information content (AvgIpc) is 3.06. The molecule has 0 bridgehead atoms. The Balaban J connectivity index is 1.93. The quantitative estimate of drug-likeness (QED) is 0.853. The summed E-state index contributed by atoms with van der Waals surface area (Å²) in [4.78, 5) is 14.0. The number of rotatable bonds is 5. The zero-order chi connectivity index (χ0) is 13.0. The zero-order valence-corrected chi connectivity index (χ0v) is 10.7. The Bertz CT molecular complexity index is 378. The first-order valence-corrected chi connectivity index (χ1v) is 6.41. The highest BCUT2D eigenvalue weighted by Crippen LogP contribution is 2.21. The summed E-state index contributed by atoms with van der Waals surface area (Å²) < 4.78 is 10.9. The van der Waals surface area contributed by atoms with E-state index in [9.17, 15) is 4.79 Å². The van der Waals surface area contributed by atoms with E-state index < -0.39 is 0 Å². The lowest BCUT2D eigenvalue weighted by Gasteiger charge is -2.23. The lowest BCUT2D eigenvalue weighted by Crippen LogP contribution is -2.39. The van der Waals surface area contributed by atoms with Crippen LogP contribution in [0.1, 0.15) is 25.5 Å². The minimum Gasteiger partial charge on any atom is -0.467 e. The molecule has 0 saturated carbocycles. The van der Waals surface area contributed by atoms with Crippen LogP contribution in [0.25, 0.3) is 0 Å². The van der Waals surface area contributed by atoms with Crippen molar-refractivity contribution in [2.75, 3.05) is 13.1 Å². The summed E-state index contributed by atoms with van der Waals surface area (Å²) in [5, 5.41) is 0. The van der Waals surface area contributed by atoms with Crippen LogP contribution in [-0.4, -0.2) is 36.1 Å². The molecular formula is C13H20N2O3. The molecule has 1 fully saturated rings. The first-order valence-electron chi connectivity index (χ1n) is 6.41. The van der Waals surface area contributed by atoms with Gasteiger partial charge in [0.1, 0.15) is 11.9 Å². The monoisotopic (exact) mass is 252 g/mol. The Morgan fingerprint density at radius 2 is 2.39 bits per heavy atom. The first-order chi connectivity index (χ1) is 8.74. The maximum atomic E-state index is 12.3. The standard InChI is InChI=1S/C13H20N2O3/c1-2-15(9-11-4-3-7-17-11)13(16)12-6-5-10(8-14)18-12/h3-4,7,10,12H,2,5-6,8-9,14H2,1H3. The van der Waals surface area contributed by atoms with Crippen molar-refractivity contribution >= 4 is 5.91 Å². The molecule has 0 spiro atoms. The first kappa shape index (κ1) is 13.1. The molecule has 1 saturated heterocycles. The lowest BCUT2D eigenvalue weighted by atomic mass is 10.2. The number of hydrogen-bond acceptors (Lipinski definition) is 4. The third-order valence-electron chi connectivity index (χ3n) is 3.27. The van der Waals surface area contributed by atoms with Gasteiger partial charge in [-0.2, -0.15) is 0 Å². The molecule has 0 radical (unpaired) electrons. The highest BCUT2D eigenvalue weighted by molar-refractivity contribution is 5.81. The molecule has 1 amide bonds. The van der Waals surface area contributed by atoms with Crippen LogP contribution in [0.15, 0.2) is 22.8 Å². The van der Waals surface area contributed by atoms with Gasteiger partial charge in [-0.25, -0.2) is 0 Å². The van der Waals surface area contributed by atoms with Gasteiger partial charge in [-0.05, 0) is 31.9 Å². The second-order valence-corrected chi connectivity index (χ2v) is 4.49. The summed E-state index contributed by atoms with van der Waals surface area (Å²) in [6.07, 6.45) is 2.93. The van der Waals surface area contributed by atoms with Crippen molar-refractivity contribution in [2.45, 2.75) is 38.5 Å². The molecule has 1 aromatic rings. The number of carbonyl (C=O) groups is 1. The largest absolute Gasteiger partial charge is 0.467 e. The summed E-state index contributed by atoms with van der Waals surface area (Å²) in [7, 11) is 0. The van der Waals surface area contributed by atoms with Crippen molar-refractivity contribution in [3.63, 3.8) is 0 Å². The third kappa shape index (κ3) is 2.91. The molecule has 1 aliphatic heterocycles. The van der Waals surface area contributed by atoms with Crippen molar-refractivity contribution in [1.82, 2.24) is 4.90 Å². The Morgan fingerprint density at radius 1 is 1.56 bits per heavy atom. The zero-order valence-electron chi connectivity index (χ0n) is 10.7. The summed E-state index contributed by atoms with van der Waals surface area (Å²) >= 11 is 0. The van der Waals surface area contributed by atoms with E-state index in [4.69, 9.17) is 14.9 Å². The predicted octanol–water partition coefficient (Wildman–Crippen LogP) is 1.13. The summed E-state index contributed by atoms with van der Waals surface area (Å²) in [5.41, 5.74) is 5.55. The van der Waals surface area contributed by atoms with Gasteiger partial charge in [0.25, 0.3) is 5.91 Å². The van der Waals surface area contributed by atoms with E-state index in [2.05, 4.69) is 0 Å². The second-order valence-electron chi connectivity index (χ2n) is 4.49. The summed E-state index contributed by atoms with van der Waals surface area (Å²) in [5.74, 6) is 0.823. The van der Waals surface area contributed by atoms with Gasteiger partial charge < -0.3 is 19.8 Å². The fourth-order valence-corrected chi connectivity index (χ4v) is 2.20. The van der Waals surface area contributed by atoms with E-state index >= 15 is 0 Å². The fourth-order valence-electron chi connectivity index (χ4n) is 2.20. The van der Waals surface area contributed by atoms with E-state index in [0.29, 0.717) is 19.6 Å². The number of likely N-dealkylation sites (N-methyl/N-ethyl adjacent to an activating group) is 1. The van der Waals surface area contributed by atoms with Crippen LogP contribution in [0, 0.1) is 0 Å². The number of furan rings is 1. The highest BCUT2D eigenvalue weighted by Gasteiger charge is 2.32. The van der Waals surface area contributed by atoms with E-state index in [-0.39, 0.29) is 18.1 Å². The van der Waals surface area contributed by atoms with Crippen molar-refractivity contribution in [3.05, 3.63) is 24.2 Å². The molecule has 100 valence electrons. The number of ether oxygens (including phenoxy) is 1. The Morgan fingerprint density at radius 3 is 2.94 bits per heavy atom. The van der Waals surface area contributed by atoms with E-state index in [0.717, 1.165) is 18.6 Å². The van der Waals surface area contributed by atoms with Gasteiger partial charge in [0, 0.05) is 13.1 Å². The van der Waals surface area contributed by atoms with Crippen LogP contribution in [0.5, 0.6) is 0 Å². The molecule has 1 aromatic heterocycles. The topological polar surface area (TPSA) is 68.7 Å². The minimum absolute atomic E-state index is 0.0290. The molecule has 2 atom stereocenters. The van der Waals surface area contributed by atoms with Crippen molar-refractivity contribution in [3.8, 4) is 0 Å². The van der Waals surface area contributed by atoms with Crippen molar-refractivity contribution in [2.24, 2.45) is 5.73 Å². The van der Waals surface area contributed by atoms with Gasteiger partial charge in [-0.1, -0.05) is 0 Å². The van der Waals surface area contributed by atoms with E-state index in [1.165, 1.54) is 0 Å². The van der Waals surface area contributed by atoms with Gasteiger partial charge >= 0.3 is 0 Å². The van der Waals surface area contributed by atoms with Crippen LogP contribution in [0.2, 0.25) is 0 Å². The maximum Gasteiger partial charge on any atom is 0.252 e. The Labute approximate surface area is 107 Å². The number of amides is 1. The van der Waals surface area contributed by atoms with Crippen LogP contribution in [0.3, 0.4) is 0 Å². The molecule has 1 aliphatic rings. The molecule has 2 N–H and O–H groups in total. The van der Waals surface area contributed by atoms with Crippen LogP contribution < -0.4 is 5.73 Å². The lowest BCUT2D eigenvalue weighted by molar-refractivity contribution is -0.143. The third-order valence-corrected chi connectivity index (χ3v) is 3.27. The molecule has 2 rings (SSSR count).